The number of hydrogen-bond donors (Lipinski definition) is 3. The van der Waals surface area contributed by atoms with Crippen molar-refractivity contribution in [3.05, 3.63) is 51.0 Å². The minimum absolute atomic E-state index is 0.188. The van der Waals surface area contributed by atoms with E-state index in [0.717, 1.165) is 15.7 Å². The zero-order valence-electron chi connectivity index (χ0n) is 11.6. The van der Waals surface area contributed by atoms with E-state index in [0.29, 0.717) is 22.0 Å². The minimum atomic E-state index is -0.188. The maximum absolute atomic E-state index is 11.9. The van der Waals surface area contributed by atoms with Crippen LogP contribution in [0.5, 0.6) is 0 Å². The third-order valence-corrected chi connectivity index (χ3v) is 4.10. The molecule has 0 saturated carbocycles. The first-order chi connectivity index (χ1) is 9.92. The molecule has 0 spiro atoms. The lowest BCUT2D eigenvalue weighted by Gasteiger charge is -2.14. The standard InChI is InChI=1S/C15H15BrClN3O/c1-8-5-11(16)14(7-12(8)17)20-13-6-9(18)3-4-10(13)15(21)19-2/h3-7,20H,18H2,1-2H3,(H,19,21). The summed E-state index contributed by atoms with van der Waals surface area (Å²) >= 11 is 9.63. The minimum Gasteiger partial charge on any atom is -0.399 e. The molecule has 2 aromatic rings. The Bertz CT molecular complexity index is 704. The highest BCUT2D eigenvalue weighted by molar-refractivity contribution is 9.10. The summed E-state index contributed by atoms with van der Waals surface area (Å²) in [5, 5.41) is 6.44. The van der Waals surface area contributed by atoms with Gasteiger partial charge in [0.1, 0.15) is 0 Å². The predicted molar refractivity (Wildman–Crippen MR) is 91.4 cm³/mol. The lowest BCUT2D eigenvalue weighted by molar-refractivity contribution is 0.0964. The fraction of sp³-hybridized carbons (Fsp3) is 0.133. The van der Waals surface area contributed by atoms with Crippen LogP contribution in [-0.2, 0) is 0 Å². The molecule has 0 unspecified atom stereocenters. The van der Waals surface area contributed by atoms with E-state index in [-0.39, 0.29) is 5.91 Å². The number of carbonyl (C=O) groups excluding carboxylic acids is 1. The molecule has 0 saturated heterocycles. The van der Waals surface area contributed by atoms with Crippen LogP contribution in [0.1, 0.15) is 15.9 Å². The Hall–Kier alpha value is -1.72. The highest BCUT2D eigenvalue weighted by Gasteiger charge is 2.12. The van der Waals surface area contributed by atoms with Crippen molar-refractivity contribution in [3.63, 3.8) is 0 Å². The van der Waals surface area contributed by atoms with E-state index in [1.165, 1.54) is 0 Å². The molecule has 1 amide bonds. The SMILES string of the molecule is CNC(=O)c1ccc(N)cc1Nc1cc(Cl)c(C)cc1Br. The fourth-order valence-corrected chi connectivity index (χ4v) is 2.61. The van der Waals surface area contributed by atoms with Crippen molar-refractivity contribution in [2.24, 2.45) is 0 Å². The van der Waals surface area contributed by atoms with Crippen molar-refractivity contribution in [1.82, 2.24) is 5.32 Å². The number of carbonyl (C=O) groups is 1. The number of nitrogen functional groups attached to an aromatic ring is 1. The highest BCUT2D eigenvalue weighted by atomic mass is 79.9. The quantitative estimate of drug-likeness (QED) is 0.715. The van der Waals surface area contributed by atoms with Crippen LogP contribution in [0.4, 0.5) is 17.1 Å². The summed E-state index contributed by atoms with van der Waals surface area (Å²) in [5.74, 6) is -0.188. The monoisotopic (exact) mass is 367 g/mol. The molecule has 0 aliphatic carbocycles. The molecule has 6 heteroatoms. The van der Waals surface area contributed by atoms with E-state index in [1.54, 1.807) is 31.3 Å². The summed E-state index contributed by atoms with van der Waals surface area (Å²) in [6, 6.07) is 8.80. The molecule has 0 atom stereocenters. The highest BCUT2D eigenvalue weighted by Crippen LogP contribution is 2.33. The Morgan fingerprint density at radius 3 is 2.62 bits per heavy atom. The lowest BCUT2D eigenvalue weighted by atomic mass is 10.1. The van der Waals surface area contributed by atoms with Crippen LogP contribution in [-0.4, -0.2) is 13.0 Å². The average molecular weight is 369 g/mol. The van der Waals surface area contributed by atoms with Crippen LogP contribution in [0.3, 0.4) is 0 Å². The van der Waals surface area contributed by atoms with Gasteiger partial charge in [0.05, 0.1) is 16.9 Å². The van der Waals surface area contributed by atoms with Gasteiger partial charge in [-0.3, -0.25) is 4.79 Å². The number of benzene rings is 2. The number of nitrogens with one attached hydrogen (secondary N) is 2. The van der Waals surface area contributed by atoms with Crippen LogP contribution < -0.4 is 16.4 Å². The summed E-state index contributed by atoms with van der Waals surface area (Å²) in [6.07, 6.45) is 0. The topological polar surface area (TPSA) is 67.2 Å². The van der Waals surface area contributed by atoms with Crippen LogP contribution in [0.15, 0.2) is 34.8 Å². The number of nitrogens with two attached hydrogens (primary N) is 1. The summed E-state index contributed by atoms with van der Waals surface area (Å²) in [5.41, 5.74) is 9.24. The van der Waals surface area contributed by atoms with Crippen LogP contribution in [0.25, 0.3) is 0 Å². The molecule has 0 bridgehead atoms. The van der Waals surface area contributed by atoms with Gasteiger partial charge in [0.2, 0.25) is 0 Å². The zero-order valence-corrected chi connectivity index (χ0v) is 14.0. The smallest absolute Gasteiger partial charge is 0.253 e. The number of halogens is 2. The normalized spacial score (nSPS) is 10.3. The number of hydrogen-bond acceptors (Lipinski definition) is 3. The number of anilines is 3. The van der Waals surface area contributed by atoms with Gasteiger partial charge >= 0.3 is 0 Å². The van der Waals surface area contributed by atoms with Crippen LogP contribution in [0, 0.1) is 6.92 Å². The van der Waals surface area contributed by atoms with Crippen molar-refractivity contribution in [3.8, 4) is 0 Å². The molecular formula is C15H15BrClN3O. The molecule has 0 aliphatic rings. The molecule has 21 heavy (non-hydrogen) atoms. The summed E-state index contributed by atoms with van der Waals surface area (Å²) in [4.78, 5) is 11.9. The fourth-order valence-electron chi connectivity index (χ4n) is 1.89. The van der Waals surface area contributed by atoms with E-state index >= 15 is 0 Å². The van der Waals surface area contributed by atoms with E-state index < -0.39 is 0 Å². The Morgan fingerprint density at radius 1 is 1.24 bits per heavy atom. The maximum atomic E-state index is 11.9. The molecule has 4 N–H and O–H groups in total. The van der Waals surface area contributed by atoms with Gasteiger partial charge in [-0.1, -0.05) is 11.6 Å². The van der Waals surface area contributed by atoms with Gasteiger partial charge in [-0.25, -0.2) is 0 Å². The first kappa shape index (κ1) is 15.7. The van der Waals surface area contributed by atoms with Crippen LogP contribution in [0.2, 0.25) is 5.02 Å². The summed E-state index contributed by atoms with van der Waals surface area (Å²) in [6.45, 7) is 1.92. The molecule has 110 valence electrons. The van der Waals surface area contributed by atoms with Crippen molar-refractivity contribution in [2.45, 2.75) is 6.92 Å². The summed E-state index contributed by atoms with van der Waals surface area (Å²) < 4.78 is 0.856. The van der Waals surface area contributed by atoms with Crippen molar-refractivity contribution >= 4 is 50.5 Å². The molecule has 2 rings (SSSR count). The molecule has 4 nitrogen and oxygen atoms in total. The second-order valence-electron chi connectivity index (χ2n) is 4.59. The van der Waals surface area contributed by atoms with Gasteiger partial charge in [0.15, 0.2) is 0 Å². The van der Waals surface area contributed by atoms with Crippen molar-refractivity contribution < 1.29 is 4.79 Å². The average Bonchev–Trinajstić information content (AvgIpc) is 2.44. The van der Waals surface area contributed by atoms with Gasteiger partial charge in [-0.05, 0) is 58.7 Å². The van der Waals surface area contributed by atoms with Gasteiger partial charge < -0.3 is 16.4 Å². The molecular weight excluding hydrogens is 354 g/mol. The Labute approximate surface area is 136 Å². The van der Waals surface area contributed by atoms with E-state index in [4.69, 9.17) is 17.3 Å². The largest absolute Gasteiger partial charge is 0.399 e. The number of aryl methyl sites for hydroxylation is 1. The molecule has 0 radical (unpaired) electrons. The van der Waals surface area contributed by atoms with E-state index in [9.17, 15) is 4.79 Å². The van der Waals surface area contributed by atoms with Crippen molar-refractivity contribution in [2.75, 3.05) is 18.1 Å². The summed E-state index contributed by atoms with van der Waals surface area (Å²) in [7, 11) is 1.58. The van der Waals surface area contributed by atoms with Gasteiger partial charge in [0, 0.05) is 22.2 Å². The molecule has 0 aliphatic heterocycles. The molecule has 2 aromatic carbocycles. The van der Waals surface area contributed by atoms with Crippen LogP contribution >= 0.6 is 27.5 Å². The van der Waals surface area contributed by atoms with Gasteiger partial charge in [-0.15, -0.1) is 0 Å². The third kappa shape index (κ3) is 3.49. The lowest BCUT2D eigenvalue weighted by Crippen LogP contribution is -2.19. The molecule has 0 heterocycles. The molecule has 0 aromatic heterocycles. The Balaban J connectivity index is 2.46. The van der Waals surface area contributed by atoms with E-state index in [2.05, 4.69) is 26.6 Å². The van der Waals surface area contributed by atoms with Gasteiger partial charge in [0.25, 0.3) is 5.91 Å². The third-order valence-electron chi connectivity index (χ3n) is 3.03. The van der Waals surface area contributed by atoms with Crippen molar-refractivity contribution in [1.29, 1.82) is 0 Å². The Morgan fingerprint density at radius 2 is 1.95 bits per heavy atom. The second kappa shape index (κ2) is 6.37. The second-order valence-corrected chi connectivity index (χ2v) is 5.85. The van der Waals surface area contributed by atoms with Gasteiger partial charge in [-0.2, -0.15) is 0 Å². The number of rotatable bonds is 3. The first-order valence-electron chi connectivity index (χ1n) is 6.26. The Kier molecular flexibility index (Phi) is 4.75. The maximum Gasteiger partial charge on any atom is 0.253 e. The first-order valence-corrected chi connectivity index (χ1v) is 7.43. The predicted octanol–water partition coefficient (Wildman–Crippen LogP) is 4.10. The zero-order chi connectivity index (χ0) is 15.6. The number of amides is 1. The molecule has 0 fully saturated rings. The van der Waals surface area contributed by atoms with E-state index in [1.807, 2.05) is 13.0 Å².